The van der Waals surface area contributed by atoms with Gasteiger partial charge in [-0.3, -0.25) is 15.1 Å². The third kappa shape index (κ3) is 5.76. The molecule has 0 saturated carbocycles. The summed E-state index contributed by atoms with van der Waals surface area (Å²) in [4.78, 5) is 21.2. The standard InChI is InChI=1S/C21H19BrN4O/c1-15-7-9-17(10-8-15)20(27)26-21(24-14-16-4-3-11-23-13-16)25-19-6-2-5-18(22)12-19/h2-13H,14H2,1H3,(H2,24,25,26,27). The van der Waals surface area contributed by atoms with Gasteiger partial charge < -0.3 is 5.32 Å². The molecule has 1 amide bonds. The van der Waals surface area contributed by atoms with Crippen LogP contribution in [0, 0.1) is 6.92 Å². The van der Waals surface area contributed by atoms with E-state index in [9.17, 15) is 4.79 Å². The Bertz CT molecular complexity index is 940. The minimum absolute atomic E-state index is 0.220. The second kappa shape index (κ2) is 9.09. The zero-order valence-electron chi connectivity index (χ0n) is 14.8. The van der Waals surface area contributed by atoms with Gasteiger partial charge in [0.15, 0.2) is 0 Å². The number of amides is 1. The zero-order chi connectivity index (χ0) is 19.1. The van der Waals surface area contributed by atoms with Crippen LogP contribution in [-0.4, -0.2) is 16.9 Å². The van der Waals surface area contributed by atoms with Crippen LogP contribution in [0.15, 0.2) is 82.5 Å². The van der Waals surface area contributed by atoms with Gasteiger partial charge in [-0.25, -0.2) is 4.99 Å². The van der Waals surface area contributed by atoms with E-state index in [0.717, 1.165) is 21.3 Å². The Hall–Kier alpha value is -2.99. The summed E-state index contributed by atoms with van der Waals surface area (Å²) in [7, 11) is 0. The van der Waals surface area contributed by atoms with Crippen LogP contribution in [0.5, 0.6) is 0 Å². The molecule has 3 aromatic rings. The van der Waals surface area contributed by atoms with E-state index in [1.165, 1.54) is 0 Å². The smallest absolute Gasteiger partial charge is 0.257 e. The molecule has 27 heavy (non-hydrogen) atoms. The Labute approximate surface area is 166 Å². The number of anilines is 1. The van der Waals surface area contributed by atoms with Crippen molar-refractivity contribution >= 4 is 33.5 Å². The molecule has 5 nitrogen and oxygen atoms in total. The number of pyridine rings is 1. The van der Waals surface area contributed by atoms with Gasteiger partial charge in [0.05, 0.1) is 6.54 Å². The fourth-order valence-electron chi connectivity index (χ4n) is 2.36. The molecule has 0 aliphatic rings. The molecule has 0 aliphatic heterocycles. The summed E-state index contributed by atoms with van der Waals surface area (Å²) in [5.41, 5.74) is 3.45. The van der Waals surface area contributed by atoms with Crippen LogP contribution in [-0.2, 0) is 6.54 Å². The number of rotatable bonds is 4. The van der Waals surface area contributed by atoms with E-state index >= 15 is 0 Å². The molecule has 0 atom stereocenters. The fraction of sp³-hybridized carbons (Fsp3) is 0.0952. The molecular formula is C21H19BrN4O. The average Bonchev–Trinajstić information content (AvgIpc) is 2.67. The zero-order valence-corrected chi connectivity index (χ0v) is 16.4. The molecule has 0 aliphatic carbocycles. The van der Waals surface area contributed by atoms with Gasteiger partial charge in [-0.2, -0.15) is 0 Å². The molecule has 136 valence electrons. The van der Waals surface area contributed by atoms with Gasteiger partial charge in [-0.15, -0.1) is 0 Å². The van der Waals surface area contributed by atoms with Crippen LogP contribution >= 0.6 is 15.9 Å². The van der Waals surface area contributed by atoms with Gasteiger partial charge in [-0.05, 0) is 48.9 Å². The molecule has 0 fully saturated rings. The Morgan fingerprint density at radius 2 is 1.93 bits per heavy atom. The summed E-state index contributed by atoms with van der Waals surface area (Å²) in [6, 6.07) is 18.9. The Kier molecular flexibility index (Phi) is 6.33. The Balaban J connectivity index is 1.79. The van der Waals surface area contributed by atoms with Gasteiger partial charge in [0.25, 0.3) is 5.91 Å². The minimum Gasteiger partial charge on any atom is -0.326 e. The summed E-state index contributed by atoms with van der Waals surface area (Å²) in [6.45, 7) is 2.38. The molecule has 6 heteroatoms. The number of benzene rings is 2. The van der Waals surface area contributed by atoms with E-state index in [-0.39, 0.29) is 5.91 Å². The number of hydrogen-bond acceptors (Lipinski definition) is 3. The van der Waals surface area contributed by atoms with Crippen molar-refractivity contribution in [2.24, 2.45) is 4.99 Å². The lowest BCUT2D eigenvalue weighted by atomic mass is 10.1. The van der Waals surface area contributed by atoms with Crippen LogP contribution < -0.4 is 10.6 Å². The second-order valence-corrected chi connectivity index (χ2v) is 6.90. The van der Waals surface area contributed by atoms with Gasteiger partial charge in [0.2, 0.25) is 5.96 Å². The van der Waals surface area contributed by atoms with Crippen LogP contribution in [0.25, 0.3) is 0 Å². The van der Waals surface area contributed by atoms with Crippen molar-refractivity contribution < 1.29 is 4.79 Å². The molecule has 2 aromatic carbocycles. The number of nitrogens with zero attached hydrogens (tertiary/aromatic N) is 2. The fourth-order valence-corrected chi connectivity index (χ4v) is 2.76. The summed E-state index contributed by atoms with van der Waals surface area (Å²) in [5, 5.41) is 6.02. The Morgan fingerprint density at radius 3 is 2.63 bits per heavy atom. The number of nitrogens with one attached hydrogen (secondary N) is 2. The van der Waals surface area contributed by atoms with Crippen molar-refractivity contribution in [2.75, 3.05) is 5.32 Å². The van der Waals surface area contributed by atoms with E-state index in [1.807, 2.05) is 55.5 Å². The predicted molar refractivity (Wildman–Crippen MR) is 112 cm³/mol. The summed E-state index contributed by atoms with van der Waals surface area (Å²) in [6.07, 6.45) is 3.47. The van der Waals surface area contributed by atoms with E-state index in [1.54, 1.807) is 24.5 Å². The number of carbonyl (C=O) groups is 1. The number of carbonyl (C=O) groups excluding carboxylic acids is 1. The molecule has 0 bridgehead atoms. The SMILES string of the molecule is Cc1ccc(C(=O)NC(=NCc2cccnc2)Nc2cccc(Br)c2)cc1. The van der Waals surface area contributed by atoms with Crippen LogP contribution in [0.3, 0.4) is 0 Å². The first-order chi connectivity index (χ1) is 13.1. The molecule has 0 spiro atoms. The largest absolute Gasteiger partial charge is 0.326 e. The highest BCUT2D eigenvalue weighted by Gasteiger charge is 2.09. The Morgan fingerprint density at radius 1 is 1.11 bits per heavy atom. The maximum atomic E-state index is 12.6. The lowest BCUT2D eigenvalue weighted by Gasteiger charge is -2.12. The van der Waals surface area contributed by atoms with Crippen LogP contribution in [0.4, 0.5) is 5.69 Å². The second-order valence-electron chi connectivity index (χ2n) is 5.98. The maximum Gasteiger partial charge on any atom is 0.257 e. The monoisotopic (exact) mass is 422 g/mol. The third-order valence-electron chi connectivity index (χ3n) is 3.78. The number of aryl methyl sites for hydroxylation is 1. The molecule has 0 radical (unpaired) electrons. The van der Waals surface area contributed by atoms with Gasteiger partial charge in [-0.1, -0.05) is 45.8 Å². The summed E-state index contributed by atoms with van der Waals surface area (Å²) >= 11 is 3.45. The van der Waals surface area contributed by atoms with Crippen molar-refractivity contribution in [1.82, 2.24) is 10.3 Å². The lowest BCUT2D eigenvalue weighted by molar-refractivity contribution is 0.0977. The summed E-state index contributed by atoms with van der Waals surface area (Å²) in [5.74, 6) is 0.157. The highest BCUT2D eigenvalue weighted by atomic mass is 79.9. The number of guanidine groups is 1. The summed E-state index contributed by atoms with van der Waals surface area (Å²) < 4.78 is 0.934. The maximum absolute atomic E-state index is 12.6. The predicted octanol–water partition coefficient (Wildman–Crippen LogP) is 4.55. The lowest BCUT2D eigenvalue weighted by Crippen LogP contribution is -2.36. The highest BCUT2D eigenvalue weighted by Crippen LogP contribution is 2.15. The van der Waals surface area contributed by atoms with E-state index in [2.05, 4.69) is 36.5 Å². The first-order valence-corrected chi connectivity index (χ1v) is 9.23. The van der Waals surface area contributed by atoms with Crippen molar-refractivity contribution in [3.63, 3.8) is 0 Å². The molecule has 1 heterocycles. The van der Waals surface area contributed by atoms with Gasteiger partial charge in [0.1, 0.15) is 0 Å². The molecular weight excluding hydrogens is 404 g/mol. The van der Waals surface area contributed by atoms with Gasteiger partial charge >= 0.3 is 0 Å². The van der Waals surface area contributed by atoms with Crippen LogP contribution in [0.1, 0.15) is 21.5 Å². The van der Waals surface area contributed by atoms with E-state index in [0.29, 0.717) is 18.1 Å². The number of aromatic nitrogens is 1. The van der Waals surface area contributed by atoms with Crippen LogP contribution in [0.2, 0.25) is 0 Å². The molecule has 2 N–H and O–H groups in total. The molecule has 0 unspecified atom stereocenters. The van der Waals surface area contributed by atoms with E-state index in [4.69, 9.17) is 0 Å². The van der Waals surface area contributed by atoms with Crippen molar-refractivity contribution in [2.45, 2.75) is 13.5 Å². The number of hydrogen-bond donors (Lipinski definition) is 2. The average molecular weight is 423 g/mol. The highest BCUT2D eigenvalue weighted by molar-refractivity contribution is 9.10. The van der Waals surface area contributed by atoms with Crippen molar-refractivity contribution in [3.05, 3.63) is 94.2 Å². The number of aliphatic imine (C=N–C) groups is 1. The van der Waals surface area contributed by atoms with Gasteiger partial charge in [0, 0.05) is 28.1 Å². The van der Waals surface area contributed by atoms with Crippen molar-refractivity contribution in [3.8, 4) is 0 Å². The van der Waals surface area contributed by atoms with E-state index < -0.39 is 0 Å². The number of halogens is 1. The molecule has 1 aromatic heterocycles. The third-order valence-corrected chi connectivity index (χ3v) is 4.27. The first-order valence-electron chi connectivity index (χ1n) is 8.44. The molecule has 3 rings (SSSR count). The minimum atomic E-state index is -0.220. The van der Waals surface area contributed by atoms with Crippen molar-refractivity contribution in [1.29, 1.82) is 0 Å². The first kappa shape index (κ1) is 18.8. The molecule has 0 saturated heterocycles. The quantitative estimate of drug-likeness (QED) is 0.478. The topological polar surface area (TPSA) is 66.4 Å². The normalized spacial score (nSPS) is 11.1.